The predicted octanol–water partition coefficient (Wildman–Crippen LogP) is 19.4. The van der Waals surface area contributed by atoms with Crippen LogP contribution in [0.15, 0.2) is 309 Å². The maximum absolute atomic E-state index is 5.66. The minimum Gasteiger partial charge on any atom is -0.305 e. The lowest BCUT2D eigenvalue weighted by molar-refractivity contribution is 1.07. The average molecular weight is 1100 g/mol. The van der Waals surface area contributed by atoms with Gasteiger partial charge in [0.2, 0.25) is 0 Å². The molecule has 0 radical (unpaired) electrons. The van der Waals surface area contributed by atoms with Gasteiger partial charge < -0.3 is 4.90 Å². The lowest BCUT2D eigenvalue weighted by Gasteiger charge is -2.41. The van der Waals surface area contributed by atoms with E-state index in [1.165, 1.54) is 0 Å². The molecule has 9 heteroatoms. The predicted molar refractivity (Wildman–Crippen MR) is 348 cm³/mol. The summed E-state index contributed by atoms with van der Waals surface area (Å²) in [5.74, 6) is 3.38. The molecule has 0 saturated heterocycles. The Hall–Kier alpha value is -11.8. The van der Waals surface area contributed by atoms with Crippen LogP contribution in [0.3, 0.4) is 0 Å². The Morgan fingerprint density at radius 1 is 0.186 bits per heavy atom. The number of anilines is 6. The van der Waals surface area contributed by atoms with Gasteiger partial charge in [-0.25, -0.2) is 34.9 Å². The number of rotatable bonds is 12. The molecule has 0 amide bonds. The third-order valence-electron chi connectivity index (χ3n) is 15.5. The largest absolute Gasteiger partial charge is 0.305 e. The van der Waals surface area contributed by atoms with E-state index in [0.717, 1.165) is 112 Å². The quantitative estimate of drug-likeness (QED) is 0.118. The van der Waals surface area contributed by atoms with Gasteiger partial charge in [0.15, 0.2) is 29.1 Å². The van der Waals surface area contributed by atoms with Crippen molar-refractivity contribution in [1.82, 2.24) is 34.9 Å². The van der Waals surface area contributed by atoms with Gasteiger partial charge in [-0.2, -0.15) is 0 Å². The number of aromatic nitrogens is 7. The fourth-order valence-corrected chi connectivity index (χ4v) is 11.5. The van der Waals surface area contributed by atoms with Crippen LogP contribution in [0, 0.1) is 0 Å². The normalized spacial score (nSPS) is 11.7. The van der Waals surface area contributed by atoms with Gasteiger partial charge in [-0.15, -0.1) is 0 Å². The first kappa shape index (κ1) is 51.1. The monoisotopic (exact) mass is 1100 g/mol. The fourth-order valence-electron chi connectivity index (χ4n) is 11.5. The lowest BCUT2D eigenvalue weighted by atomic mass is 9.85. The van der Waals surface area contributed by atoms with E-state index in [-0.39, 0.29) is 0 Å². The van der Waals surface area contributed by atoms with Crippen LogP contribution in [0.2, 0.25) is 0 Å². The molecular weight excluding hydrogens is 1050 g/mol. The first-order chi connectivity index (χ1) is 42.7. The zero-order valence-corrected chi connectivity index (χ0v) is 46.5. The second kappa shape index (κ2) is 22.5. The van der Waals surface area contributed by atoms with Crippen LogP contribution in [0.5, 0.6) is 0 Å². The smallest absolute Gasteiger partial charge is 0.166 e. The molecule has 3 aromatic heterocycles. The van der Waals surface area contributed by atoms with E-state index in [2.05, 4.69) is 234 Å². The molecule has 0 aliphatic carbocycles. The van der Waals surface area contributed by atoms with Crippen LogP contribution < -0.4 is 9.80 Å². The third kappa shape index (κ3) is 9.70. The Morgan fingerprint density at radius 2 is 0.488 bits per heavy atom. The Balaban J connectivity index is 1.09. The molecule has 15 rings (SSSR count). The molecule has 9 nitrogen and oxygen atoms in total. The zero-order chi connectivity index (χ0) is 57.2. The number of benzene rings is 11. The summed E-state index contributed by atoms with van der Waals surface area (Å²) in [4.78, 5) is 43.2. The standard InChI is InChI=1S/C77H51N9/c1-9-29-52(30-10-1)60-49-68(85-64-45-25-27-47-66(64)86(67-48-28-26-46-65(67)85)69-51-63(55-35-15-4-16-36-55)78-73(81-69)57-39-19-6-20-40-57)72(77-83-74(58-41-21-7-22-42-58)82-75(84-77)59-43-23-8-24-44-59)70(56-37-17-5-18-38-56)71(60)76-79-61(53-31-11-2-12-32-53)50-62(80-76)54-33-13-3-14-34-54/h1-51H. The molecule has 0 N–H and O–H groups in total. The summed E-state index contributed by atoms with van der Waals surface area (Å²) in [7, 11) is 0. The molecule has 0 unspecified atom stereocenters. The highest BCUT2D eigenvalue weighted by atomic mass is 15.3. The Kier molecular flexibility index (Phi) is 13.4. The summed E-state index contributed by atoms with van der Waals surface area (Å²) in [6.45, 7) is 0. The van der Waals surface area contributed by atoms with Gasteiger partial charge in [0.05, 0.1) is 51.1 Å². The SMILES string of the molecule is c1ccc(-c2cc(N3c4ccccc4N(c4cc(-c5ccccc5)c(-c5nc(-c6ccccc6)cc(-c6ccccc6)n5)c(-c5ccccc5)c4-c4nc(-c5ccccc5)nc(-c5ccccc5)n4)c4ccccc43)nc(-c3ccccc3)n2)cc1. The fraction of sp³-hybridized carbons (Fsp3) is 0. The van der Waals surface area contributed by atoms with E-state index in [1.54, 1.807) is 0 Å². The summed E-state index contributed by atoms with van der Waals surface area (Å²) in [6, 6.07) is 106. The summed E-state index contributed by atoms with van der Waals surface area (Å²) in [5, 5.41) is 0. The number of fused-ring (bicyclic) bond motifs is 2. The van der Waals surface area contributed by atoms with Gasteiger partial charge in [0.1, 0.15) is 5.82 Å². The minimum atomic E-state index is 0.461. The van der Waals surface area contributed by atoms with Gasteiger partial charge >= 0.3 is 0 Å². The number of hydrogen-bond acceptors (Lipinski definition) is 9. The second-order valence-corrected chi connectivity index (χ2v) is 20.8. The molecule has 14 aromatic rings. The number of nitrogens with zero attached hydrogens (tertiary/aromatic N) is 9. The summed E-state index contributed by atoms with van der Waals surface area (Å²) < 4.78 is 0. The van der Waals surface area contributed by atoms with Gasteiger partial charge in [-0.05, 0) is 53.1 Å². The van der Waals surface area contributed by atoms with Crippen molar-refractivity contribution in [1.29, 1.82) is 0 Å². The molecule has 0 bridgehead atoms. The van der Waals surface area contributed by atoms with E-state index < -0.39 is 0 Å². The molecule has 1 aliphatic rings. The highest BCUT2D eigenvalue weighted by molar-refractivity contribution is 6.10. The highest BCUT2D eigenvalue weighted by Crippen LogP contribution is 2.59. The molecule has 11 aromatic carbocycles. The Bertz CT molecular complexity index is 4510. The molecule has 0 spiro atoms. The molecule has 86 heavy (non-hydrogen) atoms. The van der Waals surface area contributed by atoms with Crippen LogP contribution in [0.4, 0.5) is 34.3 Å². The summed E-state index contributed by atoms with van der Waals surface area (Å²) in [6.07, 6.45) is 0. The van der Waals surface area contributed by atoms with Crippen LogP contribution in [0.1, 0.15) is 0 Å². The minimum absolute atomic E-state index is 0.461. The van der Waals surface area contributed by atoms with Crippen molar-refractivity contribution in [3.63, 3.8) is 0 Å². The van der Waals surface area contributed by atoms with Crippen LogP contribution in [-0.4, -0.2) is 34.9 Å². The average Bonchev–Trinajstić information content (AvgIpc) is 3.78. The van der Waals surface area contributed by atoms with Crippen LogP contribution in [0.25, 0.3) is 113 Å². The second-order valence-electron chi connectivity index (χ2n) is 20.8. The Labute approximate surface area is 498 Å². The number of para-hydroxylation sites is 4. The van der Waals surface area contributed by atoms with Crippen molar-refractivity contribution in [2.45, 2.75) is 0 Å². The molecular formula is C77H51N9. The zero-order valence-electron chi connectivity index (χ0n) is 46.5. The van der Waals surface area contributed by atoms with Crippen molar-refractivity contribution in [3.05, 3.63) is 309 Å². The van der Waals surface area contributed by atoms with Crippen molar-refractivity contribution in [3.8, 4) is 113 Å². The van der Waals surface area contributed by atoms with Crippen molar-refractivity contribution in [2.75, 3.05) is 9.80 Å². The first-order valence-corrected chi connectivity index (χ1v) is 28.6. The van der Waals surface area contributed by atoms with Gasteiger partial charge in [-0.1, -0.05) is 267 Å². The van der Waals surface area contributed by atoms with E-state index in [4.69, 9.17) is 34.9 Å². The highest BCUT2D eigenvalue weighted by Gasteiger charge is 2.36. The van der Waals surface area contributed by atoms with E-state index in [0.29, 0.717) is 34.9 Å². The molecule has 404 valence electrons. The van der Waals surface area contributed by atoms with Gasteiger partial charge in [0.25, 0.3) is 0 Å². The van der Waals surface area contributed by atoms with Crippen LogP contribution in [-0.2, 0) is 0 Å². The van der Waals surface area contributed by atoms with Gasteiger partial charge in [0, 0.05) is 50.6 Å². The molecule has 0 saturated carbocycles. The van der Waals surface area contributed by atoms with Gasteiger partial charge in [-0.3, -0.25) is 4.90 Å². The summed E-state index contributed by atoms with van der Waals surface area (Å²) >= 11 is 0. The first-order valence-electron chi connectivity index (χ1n) is 28.6. The molecule has 4 heterocycles. The number of hydrogen-bond donors (Lipinski definition) is 0. The lowest BCUT2D eigenvalue weighted by Crippen LogP contribution is -2.25. The molecule has 0 fully saturated rings. The topological polar surface area (TPSA) is 96.7 Å². The molecule has 0 atom stereocenters. The van der Waals surface area contributed by atoms with E-state index in [9.17, 15) is 0 Å². The van der Waals surface area contributed by atoms with E-state index in [1.807, 2.05) is 84.9 Å². The summed E-state index contributed by atoms with van der Waals surface area (Å²) in [5.41, 5.74) is 17.5. The van der Waals surface area contributed by atoms with Crippen molar-refractivity contribution in [2.24, 2.45) is 0 Å². The van der Waals surface area contributed by atoms with Crippen molar-refractivity contribution < 1.29 is 0 Å². The van der Waals surface area contributed by atoms with Crippen molar-refractivity contribution >= 4 is 34.3 Å². The molecule has 1 aliphatic heterocycles. The maximum atomic E-state index is 5.66. The maximum Gasteiger partial charge on any atom is 0.166 e. The third-order valence-corrected chi connectivity index (χ3v) is 15.5. The Morgan fingerprint density at radius 3 is 0.907 bits per heavy atom. The van der Waals surface area contributed by atoms with E-state index >= 15 is 0 Å². The van der Waals surface area contributed by atoms with Crippen LogP contribution >= 0.6 is 0 Å².